The monoisotopic (exact) mass is 531 g/mol. The first kappa shape index (κ1) is 26.0. The van der Waals surface area contributed by atoms with Crippen molar-refractivity contribution >= 4 is 35.0 Å². The minimum absolute atomic E-state index is 0.133. The van der Waals surface area contributed by atoms with Crippen LogP contribution in [0.3, 0.4) is 0 Å². The van der Waals surface area contributed by atoms with Crippen molar-refractivity contribution in [2.45, 2.75) is 49.8 Å². The van der Waals surface area contributed by atoms with Gasteiger partial charge in [0.1, 0.15) is 11.4 Å². The van der Waals surface area contributed by atoms with Gasteiger partial charge in [0.05, 0.1) is 37.7 Å². The van der Waals surface area contributed by atoms with Crippen LogP contribution in [0.5, 0.6) is 5.75 Å². The molecular formula is C25H31F2N7O4. The Morgan fingerprint density at radius 1 is 1.26 bits per heavy atom. The summed E-state index contributed by atoms with van der Waals surface area (Å²) in [6.45, 7) is 0.143. The molecule has 2 atom stereocenters. The third-order valence-electron chi connectivity index (χ3n) is 7.34. The number of ether oxygens (including phenoxy) is 1. The molecule has 1 aliphatic carbocycles. The van der Waals surface area contributed by atoms with Crippen LogP contribution in [-0.2, 0) is 4.79 Å². The van der Waals surface area contributed by atoms with E-state index in [0.717, 1.165) is 30.6 Å². The molecule has 38 heavy (non-hydrogen) atoms. The average Bonchev–Trinajstić information content (AvgIpc) is 3.57. The Hall–Kier alpha value is -3.58. The third-order valence-corrected chi connectivity index (χ3v) is 7.34. The molecule has 4 N–H and O–H groups in total. The molecule has 0 unspecified atom stereocenters. The van der Waals surface area contributed by atoms with Crippen LogP contribution in [0.2, 0.25) is 0 Å². The van der Waals surface area contributed by atoms with Crippen molar-refractivity contribution in [2.75, 3.05) is 48.9 Å². The maximum absolute atomic E-state index is 14.8. The summed E-state index contributed by atoms with van der Waals surface area (Å²) in [4.78, 5) is 36.5. The van der Waals surface area contributed by atoms with Crippen molar-refractivity contribution in [3.63, 3.8) is 0 Å². The number of amides is 2. The molecule has 2 fully saturated rings. The summed E-state index contributed by atoms with van der Waals surface area (Å²) in [6, 6.07) is 4.23. The topological polar surface area (TPSA) is 132 Å². The van der Waals surface area contributed by atoms with Crippen LogP contribution >= 0.6 is 0 Å². The Bertz CT molecular complexity index is 1220. The van der Waals surface area contributed by atoms with Gasteiger partial charge in [0.25, 0.3) is 11.8 Å². The fourth-order valence-corrected chi connectivity index (χ4v) is 5.22. The fraction of sp³-hybridized carbons (Fsp3) is 0.520. The number of aliphatic hydroxyl groups is 1. The molecule has 1 saturated carbocycles. The molecular weight excluding hydrogens is 500 g/mol. The van der Waals surface area contributed by atoms with Gasteiger partial charge in [-0.05, 0) is 31.0 Å². The van der Waals surface area contributed by atoms with Crippen molar-refractivity contribution in [3.05, 3.63) is 30.0 Å². The minimum atomic E-state index is -3.56. The summed E-state index contributed by atoms with van der Waals surface area (Å²) >= 11 is 0. The third kappa shape index (κ3) is 4.95. The highest BCUT2D eigenvalue weighted by molar-refractivity contribution is 6.02. The van der Waals surface area contributed by atoms with E-state index in [2.05, 4.69) is 25.9 Å². The molecule has 204 valence electrons. The number of aromatic nitrogens is 2. The number of hydrogen-bond acceptors (Lipinski definition) is 9. The number of methoxy groups -OCH3 is 1. The molecule has 1 aromatic carbocycles. The molecule has 0 radical (unpaired) electrons. The van der Waals surface area contributed by atoms with Crippen LogP contribution in [0.15, 0.2) is 24.4 Å². The minimum Gasteiger partial charge on any atom is -0.495 e. The zero-order valence-electron chi connectivity index (χ0n) is 21.2. The highest BCUT2D eigenvalue weighted by Gasteiger charge is 2.48. The number of benzene rings is 1. The lowest BCUT2D eigenvalue weighted by Crippen LogP contribution is -2.48. The molecule has 2 aromatic rings. The van der Waals surface area contributed by atoms with Gasteiger partial charge in [0.2, 0.25) is 5.95 Å². The van der Waals surface area contributed by atoms with Gasteiger partial charge >= 0.3 is 5.92 Å². The summed E-state index contributed by atoms with van der Waals surface area (Å²) in [7, 11) is 2.76. The lowest BCUT2D eigenvalue weighted by Gasteiger charge is -2.31. The van der Waals surface area contributed by atoms with Gasteiger partial charge in [-0.3, -0.25) is 9.59 Å². The number of nitrogens with zero attached hydrogens (tertiary/aromatic N) is 4. The van der Waals surface area contributed by atoms with Gasteiger partial charge in [0, 0.05) is 31.7 Å². The molecule has 11 nitrogen and oxygen atoms in total. The van der Waals surface area contributed by atoms with Crippen molar-refractivity contribution in [1.82, 2.24) is 20.6 Å². The Morgan fingerprint density at radius 2 is 2.03 bits per heavy atom. The van der Waals surface area contributed by atoms with E-state index >= 15 is 0 Å². The number of nitrogens with one attached hydrogen (secondary N) is 3. The number of halogens is 2. The van der Waals surface area contributed by atoms with Crippen LogP contribution in [0.25, 0.3) is 0 Å². The highest BCUT2D eigenvalue weighted by atomic mass is 19.3. The second kappa shape index (κ2) is 10.3. The Morgan fingerprint density at radius 3 is 2.71 bits per heavy atom. The SMILES string of the molecule is COc1cc(C(=O)N[C@@H]2CNC[C@H]2O)ccc1Nc1ncc2c(n1)N(C1CCCC1)CC(F)(F)C(=O)N2C. The maximum atomic E-state index is 14.8. The molecule has 3 heterocycles. The van der Waals surface area contributed by atoms with Gasteiger partial charge in [-0.2, -0.15) is 13.8 Å². The number of β-amino-alcohol motifs (C(OH)–C–C–N with tert-alkyl or cyclic N) is 1. The quantitative estimate of drug-likeness (QED) is 0.439. The van der Waals surface area contributed by atoms with Crippen LogP contribution in [-0.4, -0.2) is 84.8 Å². The Kier molecular flexibility index (Phi) is 7.05. The molecule has 2 aliphatic heterocycles. The van der Waals surface area contributed by atoms with Crippen molar-refractivity contribution in [3.8, 4) is 5.75 Å². The van der Waals surface area contributed by atoms with Crippen molar-refractivity contribution in [1.29, 1.82) is 0 Å². The maximum Gasteiger partial charge on any atom is 0.342 e. The number of alkyl halides is 2. The van der Waals surface area contributed by atoms with E-state index in [9.17, 15) is 23.5 Å². The molecule has 1 aromatic heterocycles. The fourth-order valence-electron chi connectivity index (χ4n) is 5.22. The van der Waals surface area contributed by atoms with Gasteiger partial charge in [-0.1, -0.05) is 12.8 Å². The summed E-state index contributed by atoms with van der Waals surface area (Å²) in [5.74, 6) is -4.47. The summed E-state index contributed by atoms with van der Waals surface area (Å²) in [5, 5.41) is 18.8. The number of anilines is 4. The first-order chi connectivity index (χ1) is 18.2. The standard InChI is InChI=1S/C25H31F2N7O4/c1-33-18-11-29-24(32-21(18)34(15-5-3-4-6-15)13-25(26,27)23(33)37)31-16-8-7-14(9-20(16)38-2)22(36)30-17-10-28-12-19(17)35/h7-9,11,15,17,19,28,35H,3-6,10,12-13H2,1-2H3,(H,30,36)(H,29,31,32)/t17-,19-/m1/s1. The number of hydrogen-bond donors (Lipinski definition) is 4. The zero-order chi connectivity index (χ0) is 27.0. The summed E-state index contributed by atoms with van der Waals surface area (Å²) < 4.78 is 35.1. The van der Waals surface area contributed by atoms with Crippen molar-refractivity contribution in [2.24, 2.45) is 0 Å². The lowest BCUT2D eigenvalue weighted by molar-refractivity contribution is -0.140. The lowest BCUT2D eigenvalue weighted by atomic mass is 10.1. The number of carbonyl (C=O) groups is 2. The van der Waals surface area contributed by atoms with E-state index in [0.29, 0.717) is 30.1 Å². The second-order valence-corrected chi connectivity index (χ2v) is 9.88. The summed E-state index contributed by atoms with van der Waals surface area (Å²) in [5.41, 5.74) is 1.01. The summed E-state index contributed by atoms with van der Waals surface area (Å²) in [6.07, 6.45) is 4.04. The number of fused-ring (bicyclic) bond motifs is 1. The first-order valence-electron chi connectivity index (χ1n) is 12.6. The predicted molar refractivity (Wildman–Crippen MR) is 136 cm³/mol. The zero-order valence-corrected chi connectivity index (χ0v) is 21.2. The van der Waals surface area contributed by atoms with E-state index in [4.69, 9.17) is 4.74 Å². The smallest absolute Gasteiger partial charge is 0.342 e. The molecule has 1 saturated heterocycles. The first-order valence-corrected chi connectivity index (χ1v) is 12.6. The number of carbonyl (C=O) groups excluding carboxylic acids is 2. The molecule has 0 bridgehead atoms. The molecule has 2 amide bonds. The van der Waals surface area contributed by atoms with Gasteiger partial charge < -0.3 is 35.6 Å². The molecule has 5 rings (SSSR count). The Balaban J connectivity index is 1.42. The Labute approximate surface area is 218 Å². The molecule has 13 heteroatoms. The normalized spacial score (nSPS) is 23.2. The average molecular weight is 532 g/mol. The second-order valence-electron chi connectivity index (χ2n) is 9.88. The van der Waals surface area contributed by atoms with Gasteiger partial charge in [-0.15, -0.1) is 0 Å². The van der Waals surface area contributed by atoms with Crippen LogP contribution in [0.1, 0.15) is 36.0 Å². The van der Waals surface area contributed by atoms with Crippen LogP contribution < -0.4 is 30.5 Å². The van der Waals surface area contributed by atoms with E-state index in [-0.39, 0.29) is 35.4 Å². The van der Waals surface area contributed by atoms with Crippen molar-refractivity contribution < 1.29 is 28.2 Å². The van der Waals surface area contributed by atoms with E-state index in [1.54, 1.807) is 18.2 Å². The predicted octanol–water partition coefficient (Wildman–Crippen LogP) is 1.65. The van der Waals surface area contributed by atoms with Crippen LogP contribution in [0.4, 0.5) is 31.9 Å². The number of rotatable bonds is 6. The molecule has 3 aliphatic rings. The molecule has 0 spiro atoms. The van der Waals surface area contributed by atoms with E-state index in [1.165, 1.54) is 25.3 Å². The largest absolute Gasteiger partial charge is 0.495 e. The highest BCUT2D eigenvalue weighted by Crippen LogP contribution is 2.40. The van der Waals surface area contributed by atoms with Gasteiger partial charge in [0.15, 0.2) is 5.82 Å². The van der Waals surface area contributed by atoms with Crippen LogP contribution in [0, 0.1) is 0 Å². The number of aliphatic hydroxyl groups excluding tert-OH is 1. The van der Waals surface area contributed by atoms with E-state index in [1.807, 2.05) is 0 Å². The van der Waals surface area contributed by atoms with Gasteiger partial charge in [-0.25, -0.2) is 4.98 Å². The van der Waals surface area contributed by atoms with E-state index < -0.39 is 24.5 Å².